The van der Waals surface area contributed by atoms with E-state index in [2.05, 4.69) is 10.2 Å². The molecule has 0 amide bonds. The normalized spacial score (nSPS) is 10.8. The van der Waals surface area contributed by atoms with Gasteiger partial charge in [0.2, 0.25) is 0 Å². The zero-order valence-corrected chi connectivity index (χ0v) is 11.2. The molecular weight excluding hydrogens is 283 g/mol. The standard InChI is InChI=1S/C14H8Cl2N2O/c15-11-6-5-8(7-12(11)16)13-9-3-1-2-4-10(9)14(19)18-17-13/h1-7H,(H,18,19). The lowest BCUT2D eigenvalue weighted by molar-refractivity contribution is 1.02. The molecule has 1 N–H and O–H groups in total. The number of aromatic amines is 1. The van der Waals surface area contributed by atoms with Gasteiger partial charge in [-0.2, -0.15) is 5.10 Å². The average Bonchev–Trinajstić information content (AvgIpc) is 2.43. The summed E-state index contributed by atoms with van der Waals surface area (Å²) >= 11 is 11.9. The van der Waals surface area contributed by atoms with E-state index in [1.807, 2.05) is 24.3 Å². The molecular formula is C14H8Cl2N2O. The van der Waals surface area contributed by atoms with Crippen molar-refractivity contribution in [3.8, 4) is 11.3 Å². The molecule has 0 radical (unpaired) electrons. The number of hydrogen-bond acceptors (Lipinski definition) is 2. The lowest BCUT2D eigenvalue weighted by atomic mass is 10.1. The summed E-state index contributed by atoms with van der Waals surface area (Å²) in [7, 11) is 0. The van der Waals surface area contributed by atoms with Gasteiger partial charge in [0.1, 0.15) is 0 Å². The van der Waals surface area contributed by atoms with E-state index in [-0.39, 0.29) is 5.56 Å². The smallest absolute Gasteiger partial charge is 0.267 e. The Balaban J connectivity index is 2.34. The number of nitrogens with zero attached hydrogens (tertiary/aromatic N) is 1. The molecule has 3 aromatic rings. The number of rotatable bonds is 1. The minimum Gasteiger partial charge on any atom is -0.267 e. The van der Waals surface area contributed by atoms with Crippen LogP contribution in [-0.4, -0.2) is 10.2 Å². The van der Waals surface area contributed by atoms with Crippen molar-refractivity contribution in [1.82, 2.24) is 10.2 Å². The van der Waals surface area contributed by atoms with Crippen LogP contribution >= 0.6 is 23.2 Å². The molecule has 0 unspecified atom stereocenters. The molecule has 3 rings (SSSR count). The third-order valence-corrected chi connectivity index (χ3v) is 3.63. The van der Waals surface area contributed by atoms with Crippen molar-refractivity contribution in [1.29, 1.82) is 0 Å². The maximum atomic E-state index is 11.7. The predicted molar refractivity (Wildman–Crippen MR) is 77.8 cm³/mol. The number of fused-ring (bicyclic) bond motifs is 1. The van der Waals surface area contributed by atoms with Crippen molar-refractivity contribution in [2.24, 2.45) is 0 Å². The second kappa shape index (κ2) is 4.68. The van der Waals surface area contributed by atoms with Crippen LogP contribution in [0, 0.1) is 0 Å². The van der Waals surface area contributed by atoms with E-state index in [0.29, 0.717) is 21.1 Å². The Morgan fingerprint density at radius 2 is 1.68 bits per heavy atom. The van der Waals surface area contributed by atoms with Crippen LogP contribution in [0.25, 0.3) is 22.0 Å². The highest BCUT2D eigenvalue weighted by Crippen LogP contribution is 2.30. The Morgan fingerprint density at radius 3 is 2.42 bits per heavy atom. The Bertz CT molecular complexity index is 827. The third kappa shape index (κ3) is 2.11. The third-order valence-electron chi connectivity index (χ3n) is 2.89. The fourth-order valence-electron chi connectivity index (χ4n) is 1.98. The topological polar surface area (TPSA) is 45.8 Å². The van der Waals surface area contributed by atoms with E-state index < -0.39 is 0 Å². The van der Waals surface area contributed by atoms with E-state index in [1.54, 1.807) is 18.2 Å². The summed E-state index contributed by atoms with van der Waals surface area (Å²) < 4.78 is 0. The highest BCUT2D eigenvalue weighted by atomic mass is 35.5. The van der Waals surface area contributed by atoms with Crippen molar-refractivity contribution >= 4 is 34.0 Å². The van der Waals surface area contributed by atoms with Gasteiger partial charge < -0.3 is 0 Å². The largest absolute Gasteiger partial charge is 0.272 e. The Kier molecular flexibility index (Phi) is 3.01. The van der Waals surface area contributed by atoms with Crippen molar-refractivity contribution < 1.29 is 0 Å². The maximum absolute atomic E-state index is 11.7. The van der Waals surface area contributed by atoms with Crippen LogP contribution in [0.4, 0.5) is 0 Å². The average molecular weight is 291 g/mol. The van der Waals surface area contributed by atoms with Crippen LogP contribution in [-0.2, 0) is 0 Å². The van der Waals surface area contributed by atoms with E-state index in [0.717, 1.165) is 10.9 Å². The SMILES string of the molecule is O=c1[nH]nc(-c2ccc(Cl)c(Cl)c2)c2ccccc12. The number of H-pyrrole nitrogens is 1. The van der Waals surface area contributed by atoms with Crippen LogP contribution in [0.1, 0.15) is 0 Å². The monoisotopic (exact) mass is 290 g/mol. The summed E-state index contributed by atoms with van der Waals surface area (Å²) in [5.74, 6) is 0. The van der Waals surface area contributed by atoms with Gasteiger partial charge in [0.25, 0.3) is 5.56 Å². The first-order chi connectivity index (χ1) is 9.16. The Hall–Kier alpha value is -1.84. The lowest BCUT2D eigenvalue weighted by Crippen LogP contribution is -2.09. The first-order valence-corrected chi connectivity index (χ1v) is 6.35. The number of halogens is 2. The lowest BCUT2D eigenvalue weighted by Gasteiger charge is -2.06. The van der Waals surface area contributed by atoms with Gasteiger partial charge in [0, 0.05) is 10.9 Å². The highest BCUT2D eigenvalue weighted by Gasteiger charge is 2.09. The predicted octanol–water partition coefficient (Wildman–Crippen LogP) is 3.90. The molecule has 2 aromatic carbocycles. The summed E-state index contributed by atoms with van der Waals surface area (Å²) in [6, 6.07) is 12.6. The second-order valence-electron chi connectivity index (χ2n) is 4.08. The van der Waals surface area contributed by atoms with Crippen LogP contribution in [0.3, 0.4) is 0 Å². The molecule has 3 nitrogen and oxygen atoms in total. The van der Waals surface area contributed by atoms with Crippen LogP contribution < -0.4 is 5.56 Å². The molecule has 0 saturated heterocycles. The Labute approximate surface area is 118 Å². The molecule has 0 aliphatic heterocycles. The van der Waals surface area contributed by atoms with Crippen molar-refractivity contribution in [3.63, 3.8) is 0 Å². The zero-order valence-electron chi connectivity index (χ0n) is 9.65. The molecule has 0 bridgehead atoms. The number of aromatic nitrogens is 2. The molecule has 5 heteroatoms. The molecule has 0 fully saturated rings. The molecule has 0 spiro atoms. The first-order valence-electron chi connectivity index (χ1n) is 5.59. The maximum Gasteiger partial charge on any atom is 0.272 e. The van der Waals surface area contributed by atoms with Gasteiger partial charge in [-0.1, -0.05) is 47.5 Å². The first kappa shape index (κ1) is 12.2. The van der Waals surface area contributed by atoms with Gasteiger partial charge in [-0.3, -0.25) is 4.79 Å². The summed E-state index contributed by atoms with van der Waals surface area (Å²) in [4.78, 5) is 11.7. The molecule has 1 aromatic heterocycles. The van der Waals surface area contributed by atoms with Gasteiger partial charge in [-0.25, -0.2) is 5.10 Å². The van der Waals surface area contributed by atoms with Crippen molar-refractivity contribution in [2.75, 3.05) is 0 Å². The minimum atomic E-state index is -0.209. The van der Waals surface area contributed by atoms with E-state index in [9.17, 15) is 4.79 Å². The summed E-state index contributed by atoms with van der Waals surface area (Å²) in [5.41, 5.74) is 1.27. The summed E-state index contributed by atoms with van der Waals surface area (Å²) in [6.07, 6.45) is 0. The van der Waals surface area contributed by atoms with E-state index in [4.69, 9.17) is 23.2 Å². The van der Waals surface area contributed by atoms with Crippen molar-refractivity contribution in [3.05, 3.63) is 62.9 Å². The fraction of sp³-hybridized carbons (Fsp3) is 0. The second-order valence-corrected chi connectivity index (χ2v) is 4.89. The van der Waals surface area contributed by atoms with Crippen LogP contribution in [0.2, 0.25) is 10.0 Å². The zero-order chi connectivity index (χ0) is 13.4. The highest BCUT2D eigenvalue weighted by molar-refractivity contribution is 6.42. The van der Waals surface area contributed by atoms with Gasteiger partial charge >= 0.3 is 0 Å². The van der Waals surface area contributed by atoms with Crippen LogP contribution in [0.5, 0.6) is 0 Å². The minimum absolute atomic E-state index is 0.209. The van der Waals surface area contributed by atoms with E-state index >= 15 is 0 Å². The molecule has 94 valence electrons. The van der Waals surface area contributed by atoms with Gasteiger partial charge in [-0.05, 0) is 18.2 Å². The Morgan fingerprint density at radius 1 is 0.947 bits per heavy atom. The summed E-state index contributed by atoms with van der Waals surface area (Å²) in [6.45, 7) is 0. The fourth-order valence-corrected chi connectivity index (χ4v) is 2.28. The van der Waals surface area contributed by atoms with Gasteiger partial charge in [0.15, 0.2) is 0 Å². The van der Waals surface area contributed by atoms with E-state index in [1.165, 1.54) is 0 Å². The number of nitrogens with one attached hydrogen (secondary N) is 1. The number of hydrogen-bond donors (Lipinski definition) is 1. The van der Waals surface area contributed by atoms with Gasteiger partial charge in [-0.15, -0.1) is 0 Å². The van der Waals surface area contributed by atoms with Crippen LogP contribution in [0.15, 0.2) is 47.3 Å². The molecule has 0 aliphatic rings. The van der Waals surface area contributed by atoms with Gasteiger partial charge in [0.05, 0.1) is 21.1 Å². The summed E-state index contributed by atoms with van der Waals surface area (Å²) in [5, 5.41) is 8.92. The molecule has 0 saturated carbocycles. The molecule has 1 heterocycles. The molecule has 0 atom stereocenters. The molecule has 0 aliphatic carbocycles. The number of benzene rings is 2. The van der Waals surface area contributed by atoms with Crippen molar-refractivity contribution in [2.45, 2.75) is 0 Å². The molecule has 19 heavy (non-hydrogen) atoms. The quantitative estimate of drug-likeness (QED) is 0.739.